The van der Waals surface area contributed by atoms with Gasteiger partial charge >= 0.3 is 0 Å². The van der Waals surface area contributed by atoms with Crippen LogP contribution in [0, 0.1) is 4.91 Å². The molecular formula is H2ClNO3. The van der Waals surface area contributed by atoms with Crippen LogP contribution >= 0.6 is 11.9 Å². The maximum Gasteiger partial charge on any atom is 0.152 e. The van der Waals surface area contributed by atoms with Crippen LogP contribution in [0.2, 0.25) is 0 Å². The van der Waals surface area contributed by atoms with Crippen molar-refractivity contribution < 1.29 is 9.87 Å². The van der Waals surface area contributed by atoms with E-state index in [2.05, 4.69) is 11.9 Å². The lowest BCUT2D eigenvalue weighted by atomic mass is 13.4. The lowest BCUT2D eigenvalue weighted by Gasteiger charge is -1.32. The first-order chi connectivity index (χ1) is 2.41. The average Bonchev–Trinajstić information content (AvgIpc) is 1.46. The van der Waals surface area contributed by atoms with E-state index in [0.29, 0.717) is 0 Å². The summed E-state index contributed by atoms with van der Waals surface area (Å²) in [5, 5.41) is 7.89. The molecule has 0 unspecified atom stereocenters. The highest BCUT2D eigenvalue weighted by atomic mass is 35.5. The van der Waals surface area contributed by atoms with Crippen LogP contribution in [-0.2, 0) is 0 Å². The molecule has 0 heterocycles. The fourth-order valence-corrected chi connectivity index (χ4v) is 0. The first kappa shape index (κ1) is 8.82. The number of hydrogen-bond acceptors (Lipinski definition) is 3. The van der Waals surface area contributed by atoms with Gasteiger partial charge in [-0.05, 0) is 0 Å². The van der Waals surface area contributed by atoms with Crippen molar-refractivity contribution in [3.05, 3.63) is 4.91 Å². The highest BCUT2D eigenvalue weighted by molar-refractivity contribution is 6.04. The fourth-order valence-electron chi connectivity index (χ4n) is 0. The van der Waals surface area contributed by atoms with E-state index < -0.39 is 0 Å². The molecule has 2 N–H and O–H groups in total. The molecule has 0 aromatic rings. The molecule has 0 aromatic carbocycles. The van der Waals surface area contributed by atoms with Crippen LogP contribution in [0.5, 0.6) is 0 Å². The minimum atomic E-state index is 1.25. The standard InChI is InChI=1S/ClHO.HNO2/c1-2;2-1-3/h2H;(H,2,3). The summed E-state index contributed by atoms with van der Waals surface area (Å²) in [4.78, 5) is 8.11. The van der Waals surface area contributed by atoms with E-state index in [1.54, 1.807) is 0 Å². The Bertz CT molecular complexity index is 14.4. The first-order valence-corrected chi connectivity index (χ1v) is 0.890. The molecule has 0 amide bonds. The van der Waals surface area contributed by atoms with Crippen molar-refractivity contribution in [1.82, 2.24) is 0 Å². The van der Waals surface area contributed by atoms with Crippen molar-refractivity contribution in [2.45, 2.75) is 0 Å². The maximum atomic E-state index is 8.11. The van der Waals surface area contributed by atoms with Crippen LogP contribution < -0.4 is 0 Å². The molecule has 0 aromatic heterocycles. The van der Waals surface area contributed by atoms with Gasteiger partial charge in [-0.2, -0.15) is 0 Å². The summed E-state index contributed by atoms with van der Waals surface area (Å²) in [7, 11) is 0. The predicted molar refractivity (Wildman–Crippen MR) is 15.7 cm³/mol. The Morgan fingerprint density at radius 3 is 1.60 bits per heavy atom. The van der Waals surface area contributed by atoms with Crippen molar-refractivity contribution in [2.75, 3.05) is 0 Å². The molecule has 0 aliphatic carbocycles. The third-order valence-electron chi connectivity index (χ3n) is 0. The molecule has 0 rings (SSSR count). The summed E-state index contributed by atoms with van der Waals surface area (Å²) in [6.07, 6.45) is 0. The number of rotatable bonds is 0. The molecule has 0 fully saturated rings. The van der Waals surface area contributed by atoms with Crippen molar-refractivity contribution in [2.24, 2.45) is 5.34 Å². The number of halogens is 1. The number of nitrogens with zero attached hydrogens (tertiary/aromatic N) is 1. The van der Waals surface area contributed by atoms with Gasteiger partial charge in [0.05, 0.1) is 11.9 Å². The Balaban J connectivity index is 0. The van der Waals surface area contributed by atoms with Gasteiger partial charge in [0.1, 0.15) is 0 Å². The van der Waals surface area contributed by atoms with E-state index in [1.165, 1.54) is 5.34 Å². The maximum absolute atomic E-state index is 8.11. The molecule has 5 heavy (non-hydrogen) atoms. The molecule has 0 saturated carbocycles. The zero-order valence-corrected chi connectivity index (χ0v) is 2.88. The summed E-state index contributed by atoms with van der Waals surface area (Å²) in [5.41, 5.74) is 0. The third kappa shape index (κ3) is 81.1. The predicted octanol–water partition coefficient (Wildman–Crippen LogP) is 0.275. The monoisotopic (exact) mass is 99.0 g/mol. The van der Waals surface area contributed by atoms with E-state index in [-0.39, 0.29) is 0 Å². The number of hydrogen-bond donors (Lipinski definition) is 2. The van der Waals surface area contributed by atoms with E-state index in [4.69, 9.17) is 14.8 Å². The Kier molecular flexibility index (Phi) is 107. The van der Waals surface area contributed by atoms with Crippen LogP contribution in [0.1, 0.15) is 0 Å². The molecule has 0 bridgehead atoms. The largest absolute Gasteiger partial charge is 0.379 e. The molecule has 0 saturated heterocycles. The minimum absolute atomic E-state index is 1.25. The third-order valence-corrected chi connectivity index (χ3v) is 0. The molecule has 4 nitrogen and oxygen atoms in total. The summed E-state index contributed by atoms with van der Waals surface area (Å²) >= 11 is 3.64. The lowest BCUT2D eigenvalue weighted by Crippen LogP contribution is -1.25. The molecule has 0 aliphatic heterocycles. The highest BCUT2D eigenvalue weighted by Gasteiger charge is 1.18. The Labute approximate surface area is 33.1 Å². The summed E-state index contributed by atoms with van der Waals surface area (Å²) in [5.74, 6) is 0. The van der Waals surface area contributed by atoms with Crippen molar-refractivity contribution in [3.63, 3.8) is 0 Å². The Morgan fingerprint density at radius 2 is 1.60 bits per heavy atom. The van der Waals surface area contributed by atoms with Gasteiger partial charge < -0.3 is 5.21 Å². The second-order valence-corrected chi connectivity index (χ2v) is 0.0816. The molecule has 0 radical (unpaired) electrons. The minimum Gasteiger partial charge on any atom is -0.379 e. The van der Waals surface area contributed by atoms with Gasteiger partial charge in [-0.1, -0.05) is 0 Å². The van der Waals surface area contributed by atoms with Gasteiger partial charge in [0.2, 0.25) is 0 Å². The average molecular weight is 99.5 g/mol. The van der Waals surface area contributed by atoms with Crippen LogP contribution in [0.25, 0.3) is 0 Å². The second-order valence-electron chi connectivity index (χ2n) is 0.0816. The molecule has 0 aliphatic rings. The molecule has 0 atom stereocenters. The summed E-state index contributed by atoms with van der Waals surface area (Å²) in [6, 6.07) is 0. The molecule has 5 heteroatoms. The van der Waals surface area contributed by atoms with Gasteiger partial charge in [-0.25, -0.2) is 0 Å². The van der Waals surface area contributed by atoms with Gasteiger partial charge in [0.15, 0.2) is 5.34 Å². The van der Waals surface area contributed by atoms with Crippen molar-refractivity contribution in [1.29, 1.82) is 0 Å². The van der Waals surface area contributed by atoms with Crippen molar-refractivity contribution in [3.8, 4) is 0 Å². The van der Waals surface area contributed by atoms with Gasteiger partial charge in [0, 0.05) is 0 Å². The zero-order chi connectivity index (χ0) is 4.71. The smallest absolute Gasteiger partial charge is 0.152 e. The van der Waals surface area contributed by atoms with Crippen LogP contribution in [0.4, 0.5) is 0 Å². The van der Waals surface area contributed by atoms with E-state index in [1.807, 2.05) is 0 Å². The molecular weight excluding hydrogens is 97.5 g/mol. The normalized spacial score (nSPS) is 3.60. The summed E-state index contributed by atoms with van der Waals surface area (Å²) < 4.78 is 6.47. The van der Waals surface area contributed by atoms with E-state index >= 15 is 0 Å². The van der Waals surface area contributed by atoms with Crippen LogP contribution in [0.15, 0.2) is 5.34 Å². The lowest BCUT2D eigenvalue weighted by molar-refractivity contribution is 0.312. The van der Waals surface area contributed by atoms with E-state index in [0.717, 1.165) is 0 Å². The molecule has 0 spiro atoms. The Morgan fingerprint density at radius 1 is 1.60 bits per heavy atom. The van der Waals surface area contributed by atoms with Gasteiger partial charge in [0.25, 0.3) is 0 Å². The Hall–Kier alpha value is -0.350. The highest BCUT2D eigenvalue weighted by Crippen LogP contribution is 1.31. The zero-order valence-electron chi connectivity index (χ0n) is 2.13. The quantitative estimate of drug-likeness (QED) is 0.338. The van der Waals surface area contributed by atoms with Crippen LogP contribution in [0.3, 0.4) is 0 Å². The topological polar surface area (TPSA) is 69.9 Å². The van der Waals surface area contributed by atoms with Gasteiger partial charge in [-0.15, -0.1) is 4.91 Å². The van der Waals surface area contributed by atoms with Crippen LogP contribution in [-0.4, -0.2) is 9.87 Å². The first-order valence-electron chi connectivity index (χ1n) is 0.552. The molecule has 32 valence electrons. The fraction of sp³-hybridized carbons (Fsp3) is 0. The summed E-state index contributed by atoms with van der Waals surface area (Å²) in [6.45, 7) is 0. The van der Waals surface area contributed by atoms with Crippen molar-refractivity contribution >= 4 is 11.9 Å². The SMILES string of the molecule is O=NO.OCl. The van der Waals surface area contributed by atoms with Gasteiger partial charge in [-0.3, -0.25) is 4.66 Å². The second kappa shape index (κ2) is 60.7. The van der Waals surface area contributed by atoms with E-state index in [9.17, 15) is 0 Å².